The Morgan fingerprint density at radius 3 is 2.73 bits per heavy atom. The van der Waals surface area contributed by atoms with E-state index < -0.39 is 10.9 Å². The molecule has 0 spiro atoms. The van der Waals surface area contributed by atoms with Gasteiger partial charge in [-0.05, 0) is 54.6 Å². The lowest BCUT2D eigenvalue weighted by Gasteiger charge is -2.03. The lowest BCUT2D eigenvalue weighted by molar-refractivity contribution is -0.384. The molecule has 0 atom stereocenters. The molecule has 0 bridgehead atoms. The molecule has 3 aromatic rings. The highest BCUT2D eigenvalue weighted by Crippen LogP contribution is 2.34. The Labute approximate surface area is 195 Å². The number of nitro benzene ring substituents is 1. The molecule has 1 fully saturated rings. The number of hydrogen-bond donors (Lipinski definition) is 2. The van der Waals surface area contributed by atoms with Crippen molar-refractivity contribution in [2.24, 2.45) is 4.99 Å². The lowest BCUT2D eigenvalue weighted by atomic mass is 10.1. The van der Waals surface area contributed by atoms with Crippen LogP contribution in [0.25, 0.3) is 17.4 Å². The van der Waals surface area contributed by atoms with Gasteiger partial charge in [0.15, 0.2) is 5.17 Å². The van der Waals surface area contributed by atoms with Gasteiger partial charge in [0.25, 0.3) is 11.6 Å². The van der Waals surface area contributed by atoms with Crippen LogP contribution in [0.15, 0.2) is 62.8 Å². The number of aromatic carboxylic acids is 1. The fraction of sp³-hybridized carbons (Fsp3) is 0.0455. The fourth-order valence-corrected chi connectivity index (χ4v) is 4.06. The number of non-ortho nitro benzene ring substituents is 1. The van der Waals surface area contributed by atoms with Crippen molar-refractivity contribution in [2.75, 3.05) is 0 Å². The van der Waals surface area contributed by atoms with Gasteiger partial charge in [-0.25, -0.2) is 9.79 Å². The second-order valence-electron chi connectivity index (χ2n) is 6.91. The normalized spacial score (nSPS) is 15.8. The van der Waals surface area contributed by atoms with E-state index in [0.29, 0.717) is 32.8 Å². The number of amides is 1. The predicted octanol–water partition coefficient (Wildman–Crippen LogP) is 5.41. The molecular formula is C22H14ClN3O6S. The van der Waals surface area contributed by atoms with Crippen LogP contribution in [-0.2, 0) is 4.79 Å². The minimum Gasteiger partial charge on any atom is -0.478 e. The minimum absolute atomic E-state index is 0.0954. The average Bonchev–Trinajstić information content (AvgIpc) is 3.36. The topological polar surface area (TPSA) is 135 Å². The van der Waals surface area contributed by atoms with Crippen molar-refractivity contribution in [3.63, 3.8) is 0 Å². The smallest absolute Gasteiger partial charge is 0.335 e. The van der Waals surface area contributed by atoms with Gasteiger partial charge in [0.2, 0.25) is 0 Å². The van der Waals surface area contributed by atoms with E-state index in [4.69, 9.17) is 21.1 Å². The summed E-state index contributed by atoms with van der Waals surface area (Å²) in [4.78, 5) is 38.6. The zero-order chi connectivity index (χ0) is 23.7. The van der Waals surface area contributed by atoms with Crippen molar-refractivity contribution in [3.8, 4) is 11.3 Å². The Morgan fingerprint density at radius 1 is 1.24 bits per heavy atom. The van der Waals surface area contributed by atoms with E-state index in [1.54, 1.807) is 25.1 Å². The van der Waals surface area contributed by atoms with Crippen LogP contribution in [0.1, 0.15) is 21.7 Å². The number of rotatable bonds is 5. The van der Waals surface area contributed by atoms with E-state index in [2.05, 4.69) is 10.3 Å². The van der Waals surface area contributed by atoms with E-state index >= 15 is 0 Å². The number of carboxylic acids is 1. The van der Waals surface area contributed by atoms with Gasteiger partial charge in [-0.2, -0.15) is 0 Å². The van der Waals surface area contributed by atoms with Crippen LogP contribution in [0.2, 0.25) is 5.02 Å². The number of carbonyl (C=O) groups excluding carboxylic acids is 1. The van der Waals surface area contributed by atoms with E-state index in [-0.39, 0.29) is 22.2 Å². The number of thioether (sulfide) groups is 1. The summed E-state index contributed by atoms with van der Waals surface area (Å²) < 4.78 is 5.75. The van der Waals surface area contributed by atoms with E-state index in [9.17, 15) is 19.7 Å². The first-order valence-electron chi connectivity index (χ1n) is 9.39. The molecule has 33 heavy (non-hydrogen) atoms. The molecule has 0 radical (unpaired) electrons. The summed E-state index contributed by atoms with van der Waals surface area (Å²) in [5.41, 5.74) is 1.64. The Morgan fingerprint density at radius 2 is 2.03 bits per heavy atom. The number of aryl methyl sites for hydroxylation is 1. The summed E-state index contributed by atoms with van der Waals surface area (Å²) >= 11 is 7.24. The van der Waals surface area contributed by atoms with Gasteiger partial charge in [-0.1, -0.05) is 17.7 Å². The third-order valence-electron chi connectivity index (χ3n) is 4.66. The molecule has 9 nitrogen and oxygen atoms in total. The van der Waals surface area contributed by atoms with E-state index in [0.717, 1.165) is 17.3 Å². The number of halogens is 1. The molecule has 1 saturated heterocycles. The summed E-state index contributed by atoms with van der Waals surface area (Å²) in [6.07, 6.45) is 1.53. The standard InChI is InChI=1S/C22H14ClN3O6S/c1-11-2-3-12(21(28)29)8-17(11)24-22-25-20(27)19(33-22)10-14-5-7-18(32-14)15-6-4-13(26(30)31)9-16(15)23/h2-10H,1H3,(H,28,29)(H,24,25,27). The molecule has 0 saturated carbocycles. The van der Waals surface area contributed by atoms with E-state index in [1.165, 1.54) is 36.4 Å². The van der Waals surface area contributed by atoms with Gasteiger partial charge in [-0.3, -0.25) is 14.9 Å². The Hall–Kier alpha value is -3.89. The van der Waals surface area contributed by atoms with Gasteiger partial charge in [-0.15, -0.1) is 0 Å². The van der Waals surface area contributed by atoms with Gasteiger partial charge in [0.1, 0.15) is 11.5 Å². The molecule has 1 aliphatic rings. The van der Waals surface area contributed by atoms with Crippen LogP contribution in [0.3, 0.4) is 0 Å². The number of amidine groups is 1. The van der Waals surface area contributed by atoms with Crippen molar-refractivity contribution >= 4 is 57.9 Å². The first-order valence-corrected chi connectivity index (χ1v) is 10.6. The van der Waals surface area contributed by atoms with Crippen LogP contribution in [0, 0.1) is 17.0 Å². The number of nitro groups is 1. The quantitative estimate of drug-likeness (QED) is 0.281. The van der Waals surface area contributed by atoms with Crippen molar-refractivity contribution in [1.29, 1.82) is 0 Å². The number of hydrogen-bond acceptors (Lipinski definition) is 7. The van der Waals surface area contributed by atoms with E-state index in [1.807, 2.05) is 0 Å². The third kappa shape index (κ3) is 4.81. The van der Waals surface area contributed by atoms with Crippen LogP contribution in [0.5, 0.6) is 0 Å². The van der Waals surface area contributed by atoms with Crippen LogP contribution in [0.4, 0.5) is 11.4 Å². The summed E-state index contributed by atoms with van der Waals surface area (Å²) in [6.45, 7) is 1.79. The molecule has 0 unspecified atom stereocenters. The first kappa shape index (κ1) is 22.3. The second-order valence-corrected chi connectivity index (χ2v) is 8.35. The number of aliphatic imine (C=N–C) groups is 1. The number of furan rings is 1. The average molecular weight is 484 g/mol. The molecule has 0 aliphatic carbocycles. The third-order valence-corrected chi connectivity index (χ3v) is 5.88. The Balaban J connectivity index is 1.57. The maximum atomic E-state index is 12.4. The number of nitrogens with zero attached hydrogens (tertiary/aromatic N) is 2. The maximum Gasteiger partial charge on any atom is 0.335 e. The molecular weight excluding hydrogens is 470 g/mol. The largest absolute Gasteiger partial charge is 0.478 e. The second kappa shape index (κ2) is 8.93. The number of nitrogens with one attached hydrogen (secondary N) is 1. The molecule has 11 heteroatoms. The number of benzene rings is 2. The van der Waals surface area contributed by atoms with Crippen molar-refractivity contribution in [2.45, 2.75) is 6.92 Å². The van der Waals surface area contributed by atoms with Gasteiger partial charge in [0.05, 0.1) is 26.1 Å². The molecule has 1 amide bonds. The van der Waals surface area contributed by atoms with Crippen LogP contribution in [-0.4, -0.2) is 27.1 Å². The summed E-state index contributed by atoms with van der Waals surface area (Å²) in [7, 11) is 0. The zero-order valence-electron chi connectivity index (χ0n) is 16.9. The van der Waals surface area contributed by atoms with Crippen LogP contribution >= 0.6 is 23.4 Å². The van der Waals surface area contributed by atoms with Crippen molar-refractivity contribution < 1.29 is 24.0 Å². The summed E-state index contributed by atoms with van der Waals surface area (Å²) in [6, 6.07) is 11.9. The Kier molecular flexibility index (Phi) is 6.03. The molecule has 166 valence electrons. The minimum atomic E-state index is -1.07. The first-order chi connectivity index (χ1) is 15.7. The Bertz CT molecular complexity index is 1380. The zero-order valence-corrected chi connectivity index (χ0v) is 18.4. The van der Waals surface area contributed by atoms with Crippen molar-refractivity contribution in [3.05, 3.63) is 85.5 Å². The highest BCUT2D eigenvalue weighted by molar-refractivity contribution is 8.18. The fourth-order valence-electron chi connectivity index (χ4n) is 2.97. The van der Waals surface area contributed by atoms with Gasteiger partial charge < -0.3 is 14.8 Å². The predicted molar refractivity (Wildman–Crippen MR) is 125 cm³/mol. The molecule has 1 aromatic heterocycles. The highest BCUT2D eigenvalue weighted by atomic mass is 35.5. The number of carbonyl (C=O) groups is 2. The molecule has 4 rings (SSSR count). The lowest BCUT2D eigenvalue weighted by Crippen LogP contribution is -2.19. The molecule has 2 heterocycles. The summed E-state index contributed by atoms with van der Waals surface area (Å²) in [5.74, 6) is -0.679. The molecule has 1 aliphatic heterocycles. The van der Waals surface area contributed by atoms with Gasteiger partial charge in [0, 0.05) is 23.8 Å². The monoisotopic (exact) mass is 483 g/mol. The molecule has 2 N–H and O–H groups in total. The number of carboxylic acid groups (broad SMARTS) is 1. The van der Waals surface area contributed by atoms with Crippen molar-refractivity contribution in [1.82, 2.24) is 5.32 Å². The highest BCUT2D eigenvalue weighted by Gasteiger charge is 2.25. The maximum absolute atomic E-state index is 12.4. The van der Waals surface area contributed by atoms with Gasteiger partial charge >= 0.3 is 5.97 Å². The SMILES string of the molecule is Cc1ccc(C(=O)O)cc1N=C1NC(=O)C(=Cc2ccc(-c3ccc([N+](=O)[O-])cc3Cl)o2)S1. The molecule has 2 aromatic carbocycles. The van der Waals surface area contributed by atoms with Crippen LogP contribution < -0.4 is 5.32 Å². The summed E-state index contributed by atoms with van der Waals surface area (Å²) in [5, 5.41) is 23.2.